The molecule has 240 valence electrons. The summed E-state index contributed by atoms with van der Waals surface area (Å²) in [5.74, 6) is -2.92. The third kappa shape index (κ3) is 7.72. The van der Waals surface area contributed by atoms with E-state index in [-0.39, 0.29) is 55.0 Å². The summed E-state index contributed by atoms with van der Waals surface area (Å²) >= 11 is 0.927. The first-order valence-corrected chi connectivity index (χ1v) is 14.0. The van der Waals surface area contributed by atoms with Crippen molar-refractivity contribution in [3.8, 4) is 0 Å². The number of amides is 3. The Kier molecular flexibility index (Phi) is 11.5. The van der Waals surface area contributed by atoms with E-state index in [1.165, 1.54) is 22.8 Å². The van der Waals surface area contributed by atoms with Crippen molar-refractivity contribution in [2.75, 3.05) is 39.3 Å². The number of hydrogen-bond acceptors (Lipinski definition) is 4. The number of alkyl halides is 6. The molecule has 1 N–H and O–H groups in total. The van der Waals surface area contributed by atoms with Crippen molar-refractivity contribution in [2.45, 2.75) is 49.9 Å². The molecule has 3 amide bonds. The van der Waals surface area contributed by atoms with E-state index in [9.17, 15) is 45.4 Å². The van der Waals surface area contributed by atoms with Crippen LogP contribution in [0.5, 0.6) is 0 Å². The molecule has 43 heavy (non-hydrogen) atoms. The van der Waals surface area contributed by atoms with Crippen LogP contribution in [0.15, 0.2) is 54.2 Å². The van der Waals surface area contributed by atoms with Crippen molar-refractivity contribution < 1.29 is 49.8 Å². The Bertz CT molecular complexity index is 1230. The fourth-order valence-corrected chi connectivity index (χ4v) is 6.06. The van der Waals surface area contributed by atoms with Gasteiger partial charge in [-0.05, 0) is 30.2 Å². The van der Waals surface area contributed by atoms with Gasteiger partial charge < -0.3 is 19.8 Å². The van der Waals surface area contributed by atoms with Crippen LogP contribution in [-0.4, -0.2) is 83.4 Å². The van der Waals surface area contributed by atoms with Gasteiger partial charge in [-0.2, -0.15) is 26.3 Å². The predicted molar refractivity (Wildman–Crippen MR) is 147 cm³/mol. The minimum absolute atomic E-state index is 0.0687. The number of nitrogens with zero attached hydrogens (tertiary/aromatic N) is 3. The van der Waals surface area contributed by atoms with Gasteiger partial charge in [0.25, 0.3) is 5.60 Å². The van der Waals surface area contributed by atoms with Crippen LogP contribution in [0, 0.1) is 5.82 Å². The van der Waals surface area contributed by atoms with Gasteiger partial charge >= 0.3 is 18.4 Å². The first kappa shape index (κ1) is 36.1. The Balaban J connectivity index is 0.00000316. The molecule has 2 aliphatic heterocycles. The third-order valence-electron chi connectivity index (χ3n) is 6.98. The predicted octanol–water partition coefficient (Wildman–Crippen LogP) is 6.64. The maximum atomic E-state index is 15.1. The molecule has 2 aliphatic rings. The highest BCUT2D eigenvalue weighted by atomic mass is 32.2. The molecule has 2 fully saturated rings. The lowest BCUT2D eigenvalue weighted by Crippen LogP contribution is -2.54. The smallest absolute Gasteiger partial charge is 0.369 e. The number of benzene rings is 1. The molecule has 0 radical (unpaired) electrons. The normalized spacial score (nSPS) is 19.8. The van der Waals surface area contributed by atoms with Gasteiger partial charge in [-0.3, -0.25) is 4.79 Å². The number of halogens is 8. The largest absolute Gasteiger partial charge is 0.430 e. The Morgan fingerprint density at radius 2 is 1.47 bits per heavy atom. The van der Waals surface area contributed by atoms with Gasteiger partial charge in [0.2, 0.25) is 5.91 Å². The second kappa shape index (κ2) is 13.7. The van der Waals surface area contributed by atoms with Crippen molar-refractivity contribution >= 4 is 23.7 Å². The summed E-state index contributed by atoms with van der Waals surface area (Å²) < 4.78 is 107. The number of aliphatic hydroxyl groups is 1. The summed E-state index contributed by atoms with van der Waals surface area (Å²) in [7, 11) is 0. The Morgan fingerprint density at radius 3 is 1.93 bits per heavy atom. The van der Waals surface area contributed by atoms with Crippen LogP contribution in [-0.2, 0) is 15.1 Å². The Hall–Kier alpha value is -3.07. The molecule has 1 aromatic carbocycles. The topological polar surface area (TPSA) is 64.1 Å². The number of hydrogen-bond donors (Lipinski definition) is 1. The molecule has 0 aliphatic carbocycles. The van der Waals surface area contributed by atoms with Crippen LogP contribution in [0.25, 0.3) is 0 Å². The second-order valence-electron chi connectivity index (χ2n) is 9.69. The Morgan fingerprint density at radius 1 is 0.930 bits per heavy atom. The quantitative estimate of drug-likeness (QED) is 0.279. The lowest BCUT2D eigenvalue weighted by molar-refractivity contribution is -0.377. The number of rotatable bonds is 6. The van der Waals surface area contributed by atoms with Crippen LogP contribution < -0.4 is 0 Å². The van der Waals surface area contributed by atoms with Gasteiger partial charge in [0, 0.05) is 56.7 Å². The number of carbonyl (C=O) groups is 2. The molecule has 0 saturated carbocycles. The second-order valence-corrected chi connectivity index (χ2v) is 11.2. The Labute approximate surface area is 248 Å². The molecular formula is C28H33F8N3O3S. The number of thioether (sulfide) groups is 1. The average Bonchev–Trinajstić information content (AvgIpc) is 3.36. The number of allylic oxidation sites excluding steroid dienone is 3. The molecule has 0 aromatic heterocycles. The van der Waals surface area contributed by atoms with E-state index in [1.54, 1.807) is 4.90 Å². The fraction of sp³-hybridized carbons (Fsp3) is 0.500. The maximum Gasteiger partial charge on any atom is 0.430 e. The highest BCUT2D eigenvalue weighted by Gasteiger charge is 2.72. The molecule has 2 heterocycles. The maximum absolute atomic E-state index is 15.1. The molecule has 2 saturated heterocycles. The van der Waals surface area contributed by atoms with E-state index in [0.29, 0.717) is 19.2 Å². The van der Waals surface area contributed by atoms with E-state index in [0.717, 1.165) is 23.9 Å². The first-order chi connectivity index (χ1) is 19.8. The molecule has 0 unspecified atom stereocenters. The van der Waals surface area contributed by atoms with Crippen molar-refractivity contribution in [2.24, 2.45) is 0 Å². The van der Waals surface area contributed by atoms with Gasteiger partial charge in [0.05, 0.1) is 4.75 Å². The molecule has 0 bridgehead atoms. The van der Waals surface area contributed by atoms with Crippen molar-refractivity contribution in [3.63, 3.8) is 0 Å². The molecule has 3 rings (SSSR count). The van der Waals surface area contributed by atoms with Gasteiger partial charge in [0.15, 0.2) is 0 Å². The standard InChI is InChI=1S/C26H27F8N3O3S.C2H6/c1-16(27)4-5-17(2)41-23(8-9-37(15-23)22(39)36-12-10-35(11-13-36)18(3)38)19-6-7-20(21(28)14-19)24(40,25(29,30)31)26(32,33)34;1-2/h4-7,14,40H,1-2,8-13,15H2,3H3;1-2H3/b5-4-;/t23-;/m0./s1. The van der Waals surface area contributed by atoms with Gasteiger partial charge in [-0.1, -0.05) is 39.1 Å². The van der Waals surface area contributed by atoms with Crippen LogP contribution in [0.1, 0.15) is 38.3 Å². The van der Waals surface area contributed by atoms with Crippen molar-refractivity contribution in [1.82, 2.24) is 14.7 Å². The van der Waals surface area contributed by atoms with E-state index in [4.69, 9.17) is 0 Å². The molecule has 0 spiro atoms. The van der Waals surface area contributed by atoms with Crippen LogP contribution in [0.3, 0.4) is 0 Å². The monoisotopic (exact) mass is 643 g/mol. The zero-order valence-electron chi connectivity index (χ0n) is 23.8. The van der Waals surface area contributed by atoms with Crippen molar-refractivity contribution in [3.05, 3.63) is 71.2 Å². The summed E-state index contributed by atoms with van der Waals surface area (Å²) in [6.45, 7) is 13.3. The van der Waals surface area contributed by atoms with Crippen LogP contribution in [0.4, 0.5) is 39.9 Å². The van der Waals surface area contributed by atoms with E-state index >= 15 is 4.39 Å². The van der Waals surface area contributed by atoms with E-state index < -0.39 is 45.9 Å². The number of likely N-dealkylation sites (tertiary alicyclic amines) is 1. The molecule has 6 nitrogen and oxygen atoms in total. The summed E-state index contributed by atoms with van der Waals surface area (Å²) in [5.41, 5.74) is -7.56. The summed E-state index contributed by atoms with van der Waals surface area (Å²) in [6.07, 6.45) is -10.3. The number of carbonyl (C=O) groups excluding carboxylic acids is 2. The highest BCUT2D eigenvalue weighted by molar-refractivity contribution is 8.04. The molecule has 15 heteroatoms. The number of urea groups is 1. The molecule has 1 aromatic rings. The zero-order chi connectivity index (χ0) is 33.0. The molecular weight excluding hydrogens is 610 g/mol. The lowest BCUT2D eigenvalue weighted by Gasteiger charge is -2.37. The fourth-order valence-electron chi connectivity index (χ4n) is 4.76. The first-order valence-electron chi connectivity index (χ1n) is 13.2. The summed E-state index contributed by atoms with van der Waals surface area (Å²) in [4.78, 5) is 29.5. The summed E-state index contributed by atoms with van der Waals surface area (Å²) in [5, 5.41) is 9.69. The minimum Gasteiger partial charge on any atom is -0.369 e. The lowest BCUT2D eigenvalue weighted by atomic mass is 9.88. The third-order valence-corrected chi connectivity index (χ3v) is 8.34. The van der Waals surface area contributed by atoms with Gasteiger partial charge in [-0.15, -0.1) is 11.8 Å². The van der Waals surface area contributed by atoms with Gasteiger partial charge in [-0.25, -0.2) is 13.6 Å². The molecule has 1 atom stereocenters. The van der Waals surface area contributed by atoms with Crippen molar-refractivity contribution in [1.29, 1.82) is 0 Å². The average molecular weight is 644 g/mol. The van der Waals surface area contributed by atoms with Crippen LogP contribution in [0.2, 0.25) is 0 Å². The van der Waals surface area contributed by atoms with Gasteiger partial charge in [0.1, 0.15) is 11.6 Å². The van der Waals surface area contributed by atoms with E-state index in [1.807, 2.05) is 13.8 Å². The minimum atomic E-state index is -6.28. The SMILES string of the molecule is C=C(F)/C=C\C(=C)S[C@@]1(c2ccc(C(O)(C(F)(F)F)C(F)(F)F)c(F)c2)CCN(C(=O)N2CCN(C(C)=O)CC2)C1.CC. The van der Waals surface area contributed by atoms with Crippen LogP contribution >= 0.6 is 11.8 Å². The number of piperazine rings is 1. The summed E-state index contributed by atoms with van der Waals surface area (Å²) in [6, 6.07) is 1.10. The highest BCUT2D eigenvalue weighted by Crippen LogP contribution is 2.53. The zero-order valence-corrected chi connectivity index (χ0v) is 24.6. The van der Waals surface area contributed by atoms with E-state index in [2.05, 4.69) is 13.2 Å².